The van der Waals surface area contributed by atoms with Gasteiger partial charge in [0.2, 0.25) is 0 Å². The Hall–Kier alpha value is -0.840. The Labute approximate surface area is 104 Å². The summed E-state index contributed by atoms with van der Waals surface area (Å²) in [5, 5.41) is 3.58. The molecular weight excluding hydrogens is 212 g/mol. The molecule has 1 saturated heterocycles. The van der Waals surface area contributed by atoms with E-state index in [1.807, 2.05) is 6.20 Å². The zero-order valence-corrected chi connectivity index (χ0v) is 10.9. The Morgan fingerprint density at radius 1 is 1.53 bits per heavy atom. The average Bonchev–Trinajstić information content (AvgIpc) is 2.79. The van der Waals surface area contributed by atoms with Crippen molar-refractivity contribution in [3.8, 4) is 0 Å². The van der Waals surface area contributed by atoms with Crippen molar-refractivity contribution in [3.05, 3.63) is 24.0 Å². The van der Waals surface area contributed by atoms with Gasteiger partial charge < -0.3 is 20.1 Å². The molecule has 0 radical (unpaired) electrons. The van der Waals surface area contributed by atoms with Gasteiger partial charge >= 0.3 is 0 Å². The monoisotopic (exact) mass is 236 g/mol. The number of likely N-dealkylation sites (N-methyl/N-ethyl adjacent to an activating group) is 2. The van der Waals surface area contributed by atoms with Gasteiger partial charge in [0.05, 0.1) is 0 Å². The van der Waals surface area contributed by atoms with Gasteiger partial charge in [0.1, 0.15) is 0 Å². The highest BCUT2D eigenvalue weighted by atomic mass is 15.2. The molecule has 2 heterocycles. The third-order valence-corrected chi connectivity index (χ3v) is 3.44. The molecule has 96 valence electrons. The Kier molecular flexibility index (Phi) is 4.59. The lowest BCUT2D eigenvalue weighted by Crippen LogP contribution is -2.53. The Morgan fingerprint density at radius 3 is 3.12 bits per heavy atom. The van der Waals surface area contributed by atoms with Crippen LogP contribution in [0.5, 0.6) is 0 Å². The highest BCUT2D eigenvalue weighted by Gasteiger charge is 2.17. The van der Waals surface area contributed by atoms with E-state index in [0.29, 0.717) is 6.04 Å². The largest absolute Gasteiger partial charge is 0.367 e. The quantitative estimate of drug-likeness (QED) is 0.776. The summed E-state index contributed by atoms with van der Waals surface area (Å²) < 4.78 is 0. The zero-order valence-electron chi connectivity index (χ0n) is 10.9. The first-order valence-electron chi connectivity index (χ1n) is 6.46. The lowest BCUT2D eigenvalue weighted by molar-refractivity contribution is 0.196. The molecular formula is C13H24N4. The summed E-state index contributed by atoms with van der Waals surface area (Å²) in [5.74, 6) is 0. The molecule has 0 amide bonds. The SMILES string of the molecule is CN1CCNC(CN(C)CCc2cc[nH]c2)C1. The van der Waals surface area contributed by atoms with Crippen LogP contribution in [-0.2, 0) is 6.42 Å². The molecule has 0 bridgehead atoms. The first-order chi connectivity index (χ1) is 8.24. The van der Waals surface area contributed by atoms with Gasteiger partial charge in [-0.2, -0.15) is 0 Å². The molecule has 1 aromatic heterocycles. The van der Waals surface area contributed by atoms with E-state index in [0.717, 1.165) is 32.6 Å². The molecule has 0 aromatic carbocycles. The molecule has 1 aliphatic heterocycles. The summed E-state index contributed by atoms with van der Waals surface area (Å²) >= 11 is 0. The van der Waals surface area contributed by atoms with Crippen molar-refractivity contribution in [1.29, 1.82) is 0 Å². The van der Waals surface area contributed by atoms with Gasteiger partial charge in [0.25, 0.3) is 0 Å². The van der Waals surface area contributed by atoms with Crippen LogP contribution in [0.1, 0.15) is 5.56 Å². The number of aromatic nitrogens is 1. The van der Waals surface area contributed by atoms with E-state index in [1.165, 1.54) is 12.1 Å². The molecule has 1 aliphatic rings. The minimum Gasteiger partial charge on any atom is -0.367 e. The Bertz CT molecular complexity index is 309. The molecule has 17 heavy (non-hydrogen) atoms. The number of H-pyrrole nitrogens is 1. The fourth-order valence-corrected chi connectivity index (χ4v) is 2.42. The molecule has 1 fully saturated rings. The number of piperazine rings is 1. The van der Waals surface area contributed by atoms with Crippen molar-refractivity contribution < 1.29 is 0 Å². The van der Waals surface area contributed by atoms with Gasteiger partial charge in [0.15, 0.2) is 0 Å². The van der Waals surface area contributed by atoms with E-state index < -0.39 is 0 Å². The molecule has 4 nitrogen and oxygen atoms in total. The van der Waals surface area contributed by atoms with E-state index in [-0.39, 0.29) is 0 Å². The summed E-state index contributed by atoms with van der Waals surface area (Å²) in [7, 11) is 4.41. The van der Waals surface area contributed by atoms with Crippen LogP contribution in [0.25, 0.3) is 0 Å². The van der Waals surface area contributed by atoms with E-state index in [1.54, 1.807) is 0 Å². The first kappa shape index (κ1) is 12.6. The van der Waals surface area contributed by atoms with Crippen LogP contribution in [0, 0.1) is 0 Å². The Balaban J connectivity index is 1.67. The number of hydrogen-bond acceptors (Lipinski definition) is 3. The van der Waals surface area contributed by atoms with Crippen molar-refractivity contribution in [3.63, 3.8) is 0 Å². The van der Waals surface area contributed by atoms with Crippen molar-refractivity contribution in [2.45, 2.75) is 12.5 Å². The van der Waals surface area contributed by atoms with Crippen LogP contribution in [-0.4, -0.2) is 67.6 Å². The van der Waals surface area contributed by atoms with Gasteiger partial charge in [-0.3, -0.25) is 0 Å². The predicted octanol–water partition coefficient (Wildman–Crippen LogP) is 0.393. The fourth-order valence-electron chi connectivity index (χ4n) is 2.42. The summed E-state index contributed by atoms with van der Waals surface area (Å²) in [6, 6.07) is 2.77. The van der Waals surface area contributed by atoms with E-state index in [4.69, 9.17) is 0 Å². The minimum atomic E-state index is 0.616. The smallest absolute Gasteiger partial charge is 0.0322 e. The van der Waals surface area contributed by atoms with Crippen LogP contribution in [0.15, 0.2) is 18.5 Å². The maximum absolute atomic E-state index is 3.58. The molecule has 1 aromatic rings. The van der Waals surface area contributed by atoms with Gasteiger partial charge in [-0.25, -0.2) is 0 Å². The topological polar surface area (TPSA) is 34.3 Å². The summed E-state index contributed by atoms with van der Waals surface area (Å²) in [6.45, 7) is 5.71. The molecule has 0 saturated carbocycles. The maximum atomic E-state index is 3.58. The number of aromatic amines is 1. The maximum Gasteiger partial charge on any atom is 0.0322 e. The molecule has 1 unspecified atom stereocenters. The predicted molar refractivity (Wildman–Crippen MR) is 71.3 cm³/mol. The number of hydrogen-bond donors (Lipinski definition) is 2. The van der Waals surface area contributed by atoms with Gasteiger partial charge in [-0.05, 0) is 32.1 Å². The van der Waals surface area contributed by atoms with Gasteiger partial charge in [0, 0.05) is 51.2 Å². The normalized spacial score (nSPS) is 22.2. The second kappa shape index (κ2) is 6.19. The molecule has 2 N–H and O–H groups in total. The molecule has 0 aliphatic carbocycles. The van der Waals surface area contributed by atoms with Crippen molar-refractivity contribution in [1.82, 2.24) is 20.1 Å². The highest BCUT2D eigenvalue weighted by Crippen LogP contribution is 2.02. The minimum absolute atomic E-state index is 0.616. The standard InChI is InChI=1S/C13H24N4/c1-16(7-4-12-3-5-14-9-12)10-13-11-17(2)8-6-15-13/h3,5,9,13-15H,4,6-8,10-11H2,1-2H3. The molecule has 4 heteroatoms. The lowest BCUT2D eigenvalue weighted by Gasteiger charge is -2.33. The van der Waals surface area contributed by atoms with Crippen LogP contribution >= 0.6 is 0 Å². The fraction of sp³-hybridized carbons (Fsp3) is 0.692. The van der Waals surface area contributed by atoms with Crippen molar-refractivity contribution in [2.75, 3.05) is 46.8 Å². The summed E-state index contributed by atoms with van der Waals surface area (Å²) in [4.78, 5) is 7.93. The van der Waals surface area contributed by atoms with Crippen molar-refractivity contribution >= 4 is 0 Å². The third-order valence-electron chi connectivity index (χ3n) is 3.44. The lowest BCUT2D eigenvalue weighted by atomic mass is 10.2. The van der Waals surface area contributed by atoms with Crippen LogP contribution < -0.4 is 5.32 Å². The van der Waals surface area contributed by atoms with Crippen LogP contribution in [0.3, 0.4) is 0 Å². The number of nitrogens with one attached hydrogen (secondary N) is 2. The Morgan fingerprint density at radius 2 is 2.41 bits per heavy atom. The van der Waals surface area contributed by atoms with E-state index >= 15 is 0 Å². The first-order valence-corrected chi connectivity index (χ1v) is 6.46. The molecule has 2 rings (SSSR count). The van der Waals surface area contributed by atoms with Gasteiger partial charge in [-0.15, -0.1) is 0 Å². The summed E-state index contributed by atoms with van der Waals surface area (Å²) in [6.07, 6.45) is 5.20. The van der Waals surface area contributed by atoms with Gasteiger partial charge in [-0.1, -0.05) is 0 Å². The summed E-state index contributed by atoms with van der Waals surface area (Å²) in [5.41, 5.74) is 1.39. The van der Waals surface area contributed by atoms with Crippen molar-refractivity contribution in [2.24, 2.45) is 0 Å². The average molecular weight is 236 g/mol. The van der Waals surface area contributed by atoms with E-state index in [9.17, 15) is 0 Å². The van der Waals surface area contributed by atoms with Crippen LogP contribution in [0.2, 0.25) is 0 Å². The number of rotatable bonds is 5. The molecule has 0 spiro atoms. The number of nitrogens with zero attached hydrogens (tertiary/aromatic N) is 2. The zero-order chi connectivity index (χ0) is 12.1. The second-order valence-electron chi connectivity index (χ2n) is 5.14. The van der Waals surface area contributed by atoms with E-state index in [2.05, 4.69) is 46.5 Å². The van der Waals surface area contributed by atoms with Crippen LogP contribution in [0.4, 0.5) is 0 Å². The highest BCUT2D eigenvalue weighted by molar-refractivity contribution is 5.08. The molecule has 1 atom stereocenters. The third kappa shape index (κ3) is 4.15. The second-order valence-corrected chi connectivity index (χ2v) is 5.14.